The molecule has 0 radical (unpaired) electrons. The van der Waals surface area contributed by atoms with Crippen LogP contribution in [-0.4, -0.2) is 17.9 Å². The highest BCUT2D eigenvalue weighted by atomic mass is 16.1. The first-order chi connectivity index (χ1) is 10.2. The Kier molecular flexibility index (Phi) is 4.74. The molecule has 1 fully saturated rings. The van der Waals surface area contributed by atoms with Crippen molar-refractivity contribution in [2.24, 2.45) is 0 Å². The maximum atomic E-state index is 12.6. The Morgan fingerprint density at radius 3 is 2.52 bits per heavy atom. The normalized spacial score (nSPS) is 20.8. The molecule has 0 aromatic heterocycles. The summed E-state index contributed by atoms with van der Waals surface area (Å²) in [6, 6.07) is 6.79. The molecule has 21 heavy (non-hydrogen) atoms. The second-order valence-electron chi connectivity index (χ2n) is 6.78. The molecule has 1 aromatic rings. The topological polar surface area (TPSA) is 29.1 Å². The molecule has 2 heteroatoms. The number of Topliss-reactive ketones (excluding diaryl/α,β-unsaturated/α-hetero) is 1. The fourth-order valence-electron chi connectivity index (χ4n) is 3.85. The fourth-order valence-corrected chi connectivity index (χ4v) is 3.85. The van der Waals surface area contributed by atoms with E-state index in [1.54, 1.807) is 0 Å². The van der Waals surface area contributed by atoms with Crippen molar-refractivity contribution in [3.63, 3.8) is 0 Å². The van der Waals surface area contributed by atoms with Crippen LogP contribution >= 0.6 is 0 Å². The van der Waals surface area contributed by atoms with Gasteiger partial charge in [-0.1, -0.05) is 37.8 Å². The molecule has 0 bridgehead atoms. The molecule has 1 atom stereocenters. The van der Waals surface area contributed by atoms with Crippen LogP contribution in [0.3, 0.4) is 0 Å². The third kappa shape index (κ3) is 3.55. The monoisotopic (exact) mass is 285 g/mol. The molecule has 3 rings (SSSR count). The minimum absolute atomic E-state index is 0.0625. The molecule has 1 saturated carbocycles. The summed E-state index contributed by atoms with van der Waals surface area (Å²) >= 11 is 0. The number of benzene rings is 1. The Balaban J connectivity index is 1.63. The van der Waals surface area contributed by atoms with E-state index in [0.717, 1.165) is 12.0 Å². The summed E-state index contributed by atoms with van der Waals surface area (Å²) < 4.78 is 0. The highest BCUT2D eigenvalue weighted by Crippen LogP contribution is 2.24. The first-order valence-electron chi connectivity index (χ1n) is 8.66. The molecule has 2 aliphatic carbocycles. The van der Waals surface area contributed by atoms with Gasteiger partial charge in [0.1, 0.15) is 0 Å². The van der Waals surface area contributed by atoms with Gasteiger partial charge < -0.3 is 5.32 Å². The van der Waals surface area contributed by atoms with Crippen LogP contribution in [0.5, 0.6) is 0 Å². The molecule has 0 amide bonds. The Morgan fingerprint density at radius 1 is 1.05 bits per heavy atom. The lowest BCUT2D eigenvalue weighted by atomic mass is 9.99. The minimum atomic E-state index is -0.0625. The van der Waals surface area contributed by atoms with Crippen molar-refractivity contribution in [1.29, 1.82) is 0 Å². The lowest BCUT2D eigenvalue weighted by Gasteiger charge is -2.21. The lowest BCUT2D eigenvalue weighted by Crippen LogP contribution is -2.41. The number of hydrogen-bond acceptors (Lipinski definition) is 2. The second-order valence-corrected chi connectivity index (χ2v) is 6.78. The van der Waals surface area contributed by atoms with Gasteiger partial charge in [0.25, 0.3) is 0 Å². The summed E-state index contributed by atoms with van der Waals surface area (Å²) in [6.45, 7) is 2.03. The molecule has 0 heterocycles. The van der Waals surface area contributed by atoms with Crippen molar-refractivity contribution in [2.45, 2.75) is 76.8 Å². The fraction of sp³-hybridized carbons (Fsp3) is 0.632. The van der Waals surface area contributed by atoms with Crippen molar-refractivity contribution in [3.05, 3.63) is 34.9 Å². The van der Waals surface area contributed by atoms with E-state index in [1.165, 1.54) is 62.5 Å². The molecule has 2 nitrogen and oxygen atoms in total. The molecule has 0 spiro atoms. The Hall–Kier alpha value is -1.15. The van der Waals surface area contributed by atoms with Gasteiger partial charge in [0.05, 0.1) is 6.04 Å². The van der Waals surface area contributed by atoms with E-state index >= 15 is 0 Å². The molecule has 1 aromatic carbocycles. The van der Waals surface area contributed by atoms with E-state index in [4.69, 9.17) is 0 Å². The number of aryl methyl sites for hydroxylation is 2. The number of carbonyl (C=O) groups is 1. The van der Waals surface area contributed by atoms with Gasteiger partial charge >= 0.3 is 0 Å². The van der Waals surface area contributed by atoms with Gasteiger partial charge in [0, 0.05) is 11.6 Å². The maximum absolute atomic E-state index is 12.6. The zero-order valence-corrected chi connectivity index (χ0v) is 13.2. The number of rotatable bonds is 4. The first-order valence-corrected chi connectivity index (χ1v) is 8.66. The molecule has 2 aliphatic rings. The summed E-state index contributed by atoms with van der Waals surface area (Å²) in [5.41, 5.74) is 3.72. The van der Waals surface area contributed by atoms with E-state index in [1.807, 2.05) is 13.0 Å². The Morgan fingerprint density at radius 2 is 1.76 bits per heavy atom. The molecule has 0 aliphatic heterocycles. The third-order valence-corrected chi connectivity index (χ3v) is 5.12. The largest absolute Gasteiger partial charge is 0.305 e. The SMILES string of the molecule is CC(NC1CCCCCC1)C(=O)c1ccc2c(c1)CCC2. The van der Waals surface area contributed by atoms with E-state index < -0.39 is 0 Å². The van der Waals surface area contributed by atoms with Crippen LogP contribution in [0, 0.1) is 0 Å². The second kappa shape index (κ2) is 6.74. The molecular formula is C19H27NO. The van der Waals surface area contributed by atoms with Crippen LogP contribution in [0.4, 0.5) is 0 Å². The van der Waals surface area contributed by atoms with Crippen LogP contribution in [0.2, 0.25) is 0 Å². The average molecular weight is 285 g/mol. The van der Waals surface area contributed by atoms with Gasteiger partial charge in [-0.2, -0.15) is 0 Å². The lowest BCUT2D eigenvalue weighted by molar-refractivity contribution is 0.0942. The minimum Gasteiger partial charge on any atom is -0.305 e. The quantitative estimate of drug-likeness (QED) is 0.667. The van der Waals surface area contributed by atoms with Crippen molar-refractivity contribution in [3.8, 4) is 0 Å². The predicted octanol–water partition coefficient (Wildman–Crippen LogP) is 4.06. The number of nitrogens with one attached hydrogen (secondary N) is 1. The van der Waals surface area contributed by atoms with Crippen molar-refractivity contribution in [2.75, 3.05) is 0 Å². The maximum Gasteiger partial charge on any atom is 0.179 e. The molecule has 1 unspecified atom stereocenters. The summed E-state index contributed by atoms with van der Waals surface area (Å²) in [6.07, 6.45) is 11.3. The standard InChI is InChI=1S/C19H27NO/c1-14(20-18-9-4-2-3-5-10-18)19(21)17-12-11-15-7-6-8-16(15)13-17/h11-14,18,20H,2-10H2,1H3. The van der Waals surface area contributed by atoms with Crippen molar-refractivity contribution < 1.29 is 4.79 Å². The zero-order chi connectivity index (χ0) is 14.7. The average Bonchev–Trinajstić information content (AvgIpc) is 2.82. The number of carbonyl (C=O) groups excluding carboxylic acids is 1. The van der Waals surface area contributed by atoms with Crippen LogP contribution in [-0.2, 0) is 12.8 Å². The van der Waals surface area contributed by atoms with Crippen molar-refractivity contribution in [1.82, 2.24) is 5.32 Å². The van der Waals surface area contributed by atoms with Crippen LogP contribution in [0.25, 0.3) is 0 Å². The smallest absolute Gasteiger partial charge is 0.179 e. The van der Waals surface area contributed by atoms with Crippen LogP contribution in [0.1, 0.15) is 73.4 Å². The van der Waals surface area contributed by atoms with E-state index in [-0.39, 0.29) is 11.8 Å². The molecular weight excluding hydrogens is 258 g/mol. The number of fused-ring (bicyclic) bond motifs is 1. The third-order valence-electron chi connectivity index (χ3n) is 5.12. The summed E-state index contributed by atoms with van der Waals surface area (Å²) in [5.74, 6) is 0.258. The van der Waals surface area contributed by atoms with Crippen LogP contribution < -0.4 is 5.32 Å². The Bertz CT molecular complexity index is 500. The molecule has 114 valence electrons. The van der Waals surface area contributed by atoms with E-state index in [9.17, 15) is 4.79 Å². The van der Waals surface area contributed by atoms with Gasteiger partial charge in [0.15, 0.2) is 5.78 Å². The highest BCUT2D eigenvalue weighted by molar-refractivity contribution is 6.00. The molecule has 0 saturated heterocycles. The van der Waals surface area contributed by atoms with E-state index in [2.05, 4.69) is 17.4 Å². The predicted molar refractivity (Wildman–Crippen MR) is 86.9 cm³/mol. The van der Waals surface area contributed by atoms with E-state index in [0.29, 0.717) is 6.04 Å². The first kappa shape index (κ1) is 14.8. The van der Waals surface area contributed by atoms with Gasteiger partial charge in [-0.15, -0.1) is 0 Å². The molecule has 1 N–H and O–H groups in total. The summed E-state index contributed by atoms with van der Waals surface area (Å²) in [4.78, 5) is 12.6. The number of ketones is 1. The highest BCUT2D eigenvalue weighted by Gasteiger charge is 2.21. The van der Waals surface area contributed by atoms with Gasteiger partial charge in [-0.05, 0) is 56.2 Å². The van der Waals surface area contributed by atoms with Crippen LogP contribution in [0.15, 0.2) is 18.2 Å². The van der Waals surface area contributed by atoms with Gasteiger partial charge in [-0.25, -0.2) is 0 Å². The Labute approximate surface area is 128 Å². The zero-order valence-electron chi connectivity index (χ0n) is 13.2. The number of hydrogen-bond donors (Lipinski definition) is 1. The summed E-state index contributed by atoms with van der Waals surface area (Å²) in [7, 11) is 0. The van der Waals surface area contributed by atoms with Crippen molar-refractivity contribution >= 4 is 5.78 Å². The summed E-state index contributed by atoms with van der Waals surface area (Å²) in [5, 5.41) is 3.58. The van der Waals surface area contributed by atoms with Gasteiger partial charge in [-0.3, -0.25) is 4.79 Å². The van der Waals surface area contributed by atoms with Gasteiger partial charge in [0.2, 0.25) is 0 Å².